The van der Waals surface area contributed by atoms with Crippen molar-refractivity contribution in [2.75, 3.05) is 11.5 Å². The Labute approximate surface area is 94.2 Å². The molecule has 0 saturated heterocycles. The average Bonchev–Trinajstić information content (AvgIpc) is 2.03. The lowest BCUT2D eigenvalue weighted by Crippen LogP contribution is -2.25. The lowest BCUT2D eigenvalue weighted by Gasteiger charge is -2.16. The van der Waals surface area contributed by atoms with Crippen molar-refractivity contribution in [3.63, 3.8) is 0 Å². The van der Waals surface area contributed by atoms with Crippen molar-refractivity contribution in [3.05, 3.63) is 0 Å². The van der Waals surface area contributed by atoms with E-state index in [0.29, 0.717) is 6.04 Å². The molecule has 0 rings (SSSR count). The zero-order valence-electron chi connectivity index (χ0n) is 10.3. The molecule has 0 aromatic heterocycles. The van der Waals surface area contributed by atoms with Crippen LogP contribution in [0.4, 0.5) is 0 Å². The largest absolute Gasteiger partial charge is 0.327 e. The van der Waals surface area contributed by atoms with Gasteiger partial charge in [-0.2, -0.15) is 11.8 Å². The van der Waals surface area contributed by atoms with E-state index in [-0.39, 0.29) is 0 Å². The van der Waals surface area contributed by atoms with Crippen molar-refractivity contribution in [3.8, 4) is 0 Å². The molecule has 0 radical (unpaired) electrons. The topological polar surface area (TPSA) is 26.0 Å². The molecule has 0 fully saturated rings. The first-order valence-corrected chi connectivity index (χ1v) is 7.05. The second-order valence-corrected chi connectivity index (χ2v) is 5.90. The van der Waals surface area contributed by atoms with Crippen LogP contribution in [0.25, 0.3) is 0 Å². The van der Waals surface area contributed by atoms with Gasteiger partial charge in [0.15, 0.2) is 0 Å². The molecule has 2 atom stereocenters. The van der Waals surface area contributed by atoms with E-state index in [1.807, 2.05) is 11.8 Å². The molecule has 0 amide bonds. The summed E-state index contributed by atoms with van der Waals surface area (Å²) in [4.78, 5) is 0. The van der Waals surface area contributed by atoms with Crippen LogP contribution in [0.3, 0.4) is 0 Å². The first kappa shape index (κ1) is 14.3. The van der Waals surface area contributed by atoms with Crippen molar-refractivity contribution in [1.82, 2.24) is 0 Å². The Hall–Kier alpha value is 0.310. The van der Waals surface area contributed by atoms with Gasteiger partial charge in [0, 0.05) is 11.8 Å². The molecule has 0 aromatic rings. The summed E-state index contributed by atoms with van der Waals surface area (Å²) in [6, 6.07) is 0.403. The monoisotopic (exact) mass is 217 g/mol. The highest BCUT2D eigenvalue weighted by atomic mass is 32.2. The summed E-state index contributed by atoms with van der Waals surface area (Å²) in [7, 11) is 0. The van der Waals surface area contributed by atoms with Crippen LogP contribution in [-0.2, 0) is 0 Å². The molecule has 2 unspecified atom stereocenters. The Morgan fingerprint density at radius 1 is 1.14 bits per heavy atom. The van der Waals surface area contributed by atoms with Crippen molar-refractivity contribution < 1.29 is 0 Å². The molecule has 0 aliphatic carbocycles. The maximum absolute atomic E-state index is 6.07. The predicted molar refractivity (Wildman–Crippen MR) is 68.8 cm³/mol. The Morgan fingerprint density at radius 2 is 1.79 bits per heavy atom. The molecule has 14 heavy (non-hydrogen) atoms. The number of thioether (sulfide) groups is 1. The van der Waals surface area contributed by atoms with Crippen LogP contribution in [-0.4, -0.2) is 17.5 Å². The highest BCUT2D eigenvalue weighted by molar-refractivity contribution is 7.99. The van der Waals surface area contributed by atoms with Crippen molar-refractivity contribution in [1.29, 1.82) is 0 Å². The smallest absolute Gasteiger partial charge is 0.0132 e. The van der Waals surface area contributed by atoms with Crippen LogP contribution < -0.4 is 5.73 Å². The number of nitrogens with two attached hydrogens (primary N) is 1. The second kappa shape index (κ2) is 8.60. The van der Waals surface area contributed by atoms with Gasteiger partial charge >= 0.3 is 0 Å². The van der Waals surface area contributed by atoms with E-state index in [2.05, 4.69) is 27.7 Å². The van der Waals surface area contributed by atoms with Gasteiger partial charge < -0.3 is 5.73 Å². The van der Waals surface area contributed by atoms with Crippen LogP contribution in [0.2, 0.25) is 0 Å². The molecule has 2 N–H and O–H groups in total. The minimum atomic E-state index is 0.403. The lowest BCUT2D eigenvalue weighted by molar-refractivity contribution is 0.450. The van der Waals surface area contributed by atoms with Gasteiger partial charge in [0.05, 0.1) is 0 Å². The third kappa shape index (κ3) is 8.89. The fraction of sp³-hybridized carbons (Fsp3) is 1.00. The molecule has 86 valence electrons. The van der Waals surface area contributed by atoms with Gasteiger partial charge in [0.2, 0.25) is 0 Å². The van der Waals surface area contributed by atoms with Crippen molar-refractivity contribution in [2.24, 2.45) is 17.6 Å². The summed E-state index contributed by atoms with van der Waals surface area (Å²) >= 11 is 2.00. The first-order valence-electron chi connectivity index (χ1n) is 5.89. The van der Waals surface area contributed by atoms with Crippen LogP contribution in [0, 0.1) is 11.8 Å². The Bertz CT molecular complexity index is 125. The molecule has 1 nitrogen and oxygen atoms in total. The summed E-state index contributed by atoms with van der Waals surface area (Å²) in [5.41, 5.74) is 6.07. The Morgan fingerprint density at radius 3 is 2.29 bits per heavy atom. The van der Waals surface area contributed by atoms with E-state index < -0.39 is 0 Å². The maximum atomic E-state index is 6.07. The number of hydrogen-bond acceptors (Lipinski definition) is 2. The zero-order valence-corrected chi connectivity index (χ0v) is 11.1. The molecule has 0 aliphatic heterocycles. The molecular formula is C12H27NS. The molecule has 0 spiro atoms. The SMILES string of the molecule is CCCC(C)CC(N)CSCC(C)C. The van der Waals surface area contributed by atoms with Crippen LogP contribution in [0.5, 0.6) is 0 Å². The lowest BCUT2D eigenvalue weighted by atomic mass is 9.99. The molecule has 0 heterocycles. The van der Waals surface area contributed by atoms with Gasteiger partial charge in [-0.3, -0.25) is 0 Å². The van der Waals surface area contributed by atoms with E-state index in [4.69, 9.17) is 5.73 Å². The van der Waals surface area contributed by atoms with Gasteiger partial charge in [-0.15, -0.1) is 0 Å². The van der Waals surface area contributed by atoms with Crippen LogP contribution >= 0.6 is 11.8 Å². The normalized spacial score (nSPS) is 15.9. The quantitative estimate of drug-likeness (QED) is 0.673. The van der Waals surface area contributed by atoms with E-state index in [9.17, 15) is 0 Å². The fourth-order valence-corrected chi connectivity index (χ4v) is 2.70. The minimum absolute atomic E-state index is 0.403. The van der Waals surface area contributed by atoms with Gasteiger partial charge in [-0.05, 0) is 24.0 Å². The highest BCUT2D eigenvalue weighted by Crippen LogP contribution is 2.15. The summed E-state index contributed by atoms with van der Waals surface area (Å²) in [5.74, 6) is 3.97. The highest BCUT2D eigenvalue weighted by Gasteiger charge is 2.08. The molecule has 0 saturated carbocycles. The van der Waals surface area contributed by atoms with E-state index in [1.54, 1.807) is 0 Å². The van der Waals surface area contributed by atoms with Crippen molar-refractivity contribution >= 4 is 11.8 Å². The summed E-state index contributed by atoms with van der Waals surface area (Å²) in [5, 5.41) is 0. The predicted octanol–water partition coefficient (Wildman–Crippen LogP) is 3.53. The molecular weight excluding hydrogens is 190 g/mol. The first-order chi connectivity index (χ1) is 6.56. The van der Waals surface area contributed by atoms with Gasteiger partial charge in [-0.25, -0.2) is 0 Å². The summed E-state index contributed by atoms with van der Waals surface area (Å²) in [6.45, 7) is 9.09. The zero-order chi connectivity index (χ0) is 11.0. The number of hydrogen-bond donors (Lipinski definition) is 1. The summed E-state index contributed by atoms with van der Waals surface area (Å²) < 4.78 is 0. The third-order valence-corrected chi connectivity index (χ3v) is 3.84. The van der Waals surface area contributed by atoms with E-state index in [1.165, 1.54) is 25.0 Å². The van der Waals surface area contributed by atoms with Crippen LogP contribution in [0.1, 0.15) is 47.0 Å². The van der Waals surface area contributed by atoms with Crippen LogP contribution in [0.15, 0.2) is 0 Å². The Balaban J connectivity index is 3.39. The molecule has 0 aromatic carbocycles. The molecule has 0 aliphatic rings. The average molecular weight is 217 g/mol. The second-order valence-electron chi connectivity index (χ2n) is 4.82. The van der Waals surface area contributed by atoms with Gasteiger partial charge in [0.25, 0.3) is 0 Å². The number of rotatable bonds is 8. The minimum Gasteiger partial charge on any atom is -0.327 e. The maximum Gasteiger partial charge on any atom is 0.0132 e. The molecule has 2 heteroatoms. The molecule has 0 bridgehead atoms. The Kier molecular flexibility index (Phi) is 8.80. The van der Waals surface area contributed by atoms with Gasteiger partial charge in [0.1, 0.15) is 0 Å². The third-order valence-electron chi connectivity index (χ3n) is 2.27. The van der Waals surface area contributed by atoms with Gasteiger partial charge in [-0.1, -0.05) is 40.5 Å². The van der Waals surface area contributed by atoms with Crippen molar-refractivity contribution in [2.45, 2.75) is 53.0 Å². The summed E-state index contributed by atoms with van der Waals surface area (Å²) in [6.07, 6.45) is 3.80. The standard InChI is InChI=1S/C12H27NS/c1-5-6-11(4)7-12(13)9-14-8-10(2)3/h10-12H,5-9,13H2,1-4H3. The van der Waals surface area contributed by atoms with E-state index in [0.717, 1.165) is 17.6 Å². The fourth-order valence-electron chi connectivity index (χ4n) is 1.65. The van der Waals surface area contributed by atoms with E-state index >= 15 is 0 Å².